The third kappa shape index (κ3) is 3.11. The molecule has 0 saturated carbocycles. The Morgan fingerprint density at radius 2 is 1.75 bits per heavy atom. The molecule has 3 N–H and O–H groups in total. The van der Waals surface area contributed by atoms with Crippen LogP contribution in [0.1, 0.15) is 26.3 Å². The zero-order valence-corrected chi connectivity index (χ0v) is 10.4. The number of hydrogen-bond acceptors (Lipinski definition) is 4. The molecule has 0 saturated heterocycles. The van der Waals surface area contributed by atoms with Crippen LogP contribution < -0.4 is 5.32 Å². The third-order valence-electron chi connectivity index (χ3n) is 2.70. The van der Waals surface area contributed by atoms with Crippen molar-refractivity contribution in [1.29, 1.82) is 0 Å². The number of aromatic carboxylic acids is 2. The van der Waals surface area contributed by atoms with Gasteiger partial charge in [0.25, 0.3) is 0 Å². The van der Waals surface area contributed by atoms with Crippen molar-refractivity contribution in [2.75, 3.05) is 5.32 Å². The van der Waals surface area contributed by atoms with Crippen LogP contribution in [0.4, 0.5) is 5.82 Å². The quantitative estimate of drug-likeness (QED) is 0.770. The first-order chi connectivity index (χ1) is 9.58. The molecule has 0 bridgehead atoms. The van der Waals surface area contributed by atoms with Crippen LogP contribution in [0.5, 0.6) is 0 Å². The highest BCUT2D eigenvalue weighted by Gasteiger charge is 2.10. The Hall–Kier alpha value is -2.89. The third-order valence-corrected chi connectivity index (χ3v) is 2.70. The second-order valence-corrected chi connectivity index (χ2v) is 4.06. The number of carboxylic acids is 2. The summed E-state index contributed by atoms with van der Waals surface area (Å²) in [6.45, 7) is 0.358. The van der Waals surface area contributed by atoms with Gasteiger partial charge in [-0.15, -0.1) is 0 Å². The summed E-state index contributed by atoms with van der Waals surface area (Å²) >= 11 is 0. The summed E-state index contributed by atoms with van der Waals surface area (Å²) in [6.07, 6.45) is 1.50. The van der Waals surface area contributed by atoms with Crippen molar-refractivity contribution in [3.8, 4) is 0 Å². The molecule has 1 heterocycles. The molecule has 20 heavy (non-hydrogen) atoms. The minimum absolute atomic E-state index is 0.0923. The lowest BCUT2D eigenvalue weighted by atomic mass is 10.1. The Morgan fingerprint density at radius 1 is 1.05 bits per heavy atom. The molecule has 0 radical (unpaired) electrons. The molecule has 102 valence electrons. The summed E-state index contributed by atoms with van der Waals surface area (Å²) in [4.78, 5) is 25.7. The van der Waals surface area contributed by atoms with Gasteiger partial charge in [0.2, 0.25) is 0 Å². The van der Waals surface area contributed by atoms with E-state index < -0.39 is 11.9 Å². The Labute approximate surface area is 114 Å². The normalized spacial score (nSPS) is 10.0. The zero-order chi connectivity index (χ0) is 14.5. The number of hydrogen-bond donors (Lipinski definition) is 3. The van der Waals surface area contributed by atoms with Crippen molar-refractivity contribution in [2.45, 2.75) is 6.54 Å². The van der Waals surface area contributed by atoms with E-state index in [-0.39, 0.29) is 16.9 Å². The van der Waals surface area contributed by atoms with Crippen LogP contribution in [0, 0.1) is 0 Å². The van der Waals surface area contributed by atoms with Crippen molar-refractivity contribution < 1.29 is 19.8 Å². The topological polar surface area (TPSA) is 99.5 Å². The zero-order valence-electron chi connectivity index (χ0n) is 10.4. The van der Waals surface area contributed by atoms with Gasteiger partial charge in [-0.2, -0.15) is 0 Å². The van der Waals surface area contributed by atoms with Crippen molar-refractivity contribution in [3.05, 3.63) is 59.3 Å². The van der Waals surface area contributed by atoms with Gasteiger partial charge in [0.15, 0.2) is 0 Å². The van der Waals surface area contributed by atoms with Crippen LogP contribution in [0.3, 0.4) is 0 Å². The number of rotatable bonds is 5. The number of anilines is 1. The SMILES string of the molecule is O=C(O)c1ccc(CNc2ncccc2C(=O)O)cc1. The molecule has 0 amide bonds. The molecule has 0 spiro atoms. The first kappa shape index (κ1) is 13.5. The lowest BCUT2D eigenvalue weighted by Crippen LogP contribution is -2.08. The van der Waals surface area contributed by atoms with Gasteiger partial charge in [0.1, 0.15) is 11.4 Å². The highest BCUT2D eigenvalue weighted by molar-refractivity contribution is 5.93. The van der Waals surface area contributed by atoms with E-state index in [4.69, 9.17) is 10.2 Å². The highest BCUT2D eigenvalue weighted by Crippen LogP contribution is 2.13. The minimum atomic E-state index is -1.05. The van der Waals surface area contributed by atoms with Gasteiger partial charge in [-0.25, -0.2) is 14.6 Å². The van der Waals surface area contributed by atoms with Gasteiger partial charge in [-0.1, -0.05) is 12.1 Å². The first-order valence-electron chi connectivity index (χ1n) is 5.82. The molecule has 1 aromatic carbocycles. The molecule has 0 unspecified atom stereocenters. The van der Waals surface area contributed by atoms with Crippen LogP contribution in [0.2, 0.25) is 0 Å². The standard InChI is InChI=1S/C14H12N2O4/c17-13(18)10-5-3-9(4-6-10)8-16-12-11(14(19)20)2-1-7-15-12/h1-7H,8H2,(H,15,16)(H,17,18)(H,19,20). The number of benzene rings is 1. The molecular weight excluding hydrogens is 260 g/mol. The minimum Gasteiger partial charge on any atom is -0.478 e. The maximum Gasteiger partial charge on any atom is 0.339 e. The van der Waals surface area contributed by atoms with Crippen LogP contribution >= 0.6 is 0 Å². The number of aromatic nitrogens is 1. The van der Waals surface area contributed by atoms with Gasteiger partial charge >= 0.3 is 11.9 Å². The first-order valence-corrected chi connectivity index (χ1v) is 5.82. The van der Waals surface area contributed by atoms with Gasteiger partial charge in [-0.05, 0) is 29.8 Å². The second-order valence-electron chi connectivity index (χ2n) is 4.06. The van der Waals surface area contributed by atoms with Crippen molar-refractivity contribution in [3.63, 3.8) is 0 Å². The molecule has 0 aliphatic heterocycles. The van der Waals surface area contributed by atoms with Crippen LogP contribution in [0.15, 0.2) is 42.6 Å². The number of nitrogens with zero attached hydrogens (tertiary/aromatic N) is 1. The van der Waals surface area contributed by atoms with Gasteiger partial charge in [0, 0.05) is 12.7 Å². The molecule has 2 aromatic rings. The predicted molar refractivity (Wildman–Crippen MR) is 71.9 cm³/mol. The monoisotopic (exact) mass is 272 g/mol. The van der Waals surface area contributed by atoms with Gasteiger partial charge < -0.3 is 15.5 Å². The molecular formula is C14H12N2O4. The maximum atomic E-state index is 11.0. The van der Waals surface area contributed by atoms with E-state index in [9.17, 15) is 9.59 Å². The molecule has 6 heteroatoms. The molecule has 0 aliphatic carbocycles. The number of nitrogens with one attached hydrogen (secondary N) is 1. The maximum absolute atomic E-state index is 11.0. The lowest BCUT2D eigenvalue weighted by Gasteiger charge is -2.08. The lowest BCUT2D eigenvalue weighted by molar-refractivity contribution is 0.0686. The Kier molecular flexibility index (Phi) is 3.95. The number of pyridine rings is 1. The van der Waals surface area contributed by atoms with E-state index in [1.165, 1.54) is 24.4 Å². The number of carbonyl (C=O) groups is 2. The van der Waals surface area contributed by atoms with Gasteiger partial charge in [0.05, 0.1) is 5.56 Å². The molecule has 6 nitrogen and oxygen atoms in total. The average Bonchev–Trinajstić information content (AvgIpc) is 2.45. The summed E-state index contributed by atoms with van der Waals surface area (Å²) in [5.41, 5.74) is 1.13. The summed E-state index contributed by atoms with van der Waals surface area (Å²) in [6, 6.07) is 9.34. The highest BCUT2D eigenvalue weighted by atomic mass is 16.4. The molecule has 2 rings (SSSR count). The van der Waals surface area contributed by atoms with E-state index in [2.05, 4.69) is 10.3 Å². The summed E-state index contributed by atoms with van der Waals surface area (Å²) in [5, 5.41) is 20.7. The van der Waals surface area contributed by atoms with Crippen LogP contribution in [-0.2, 0) is 6.54 Å². The van der Waals surface area contributed by atoms with Crippen molar-refractivity contribution in [2.24, 2.45) is 0 Å². The van der Waals surface area contributed by atoms with E-state index in [1.807, 2.05) is 0 Å². The van der Waals surface area contributed by atoms with Crippen LogP contribution in [-0.4, -0.2) is 27.1 Å². The van der Waals surface area contributed by atoms with E-state index in [0.29, 0.717) is 6.54 Å². The fourth-order valence-corrected chi connectivity index (χ4v) is 1.67. The number of carboxylic acid groups (broad SMARTS) is 2. The largest absolute Gasteiger partial charge is 0.478 e. The second kappa shape index (κ2) is 5.83. The molecule has 0 fully saturated rings. The van der Waals surface area contributed by atoms with Gasteiger partial charge in [-0.3, -0.25) is 0 Å². The van der Waals surface area contributed by atoms with Crippen LogP contribution in [0.25, 0.3) is 0 Å². The smallest absolute Gasteiger partial charge is 0.339 e. The fourth-order valence-electron chi connectivity index (χ4n) is 1.67. The van der Waals surface area contributed by atoms with Crippen molar-refractivity contribution >= 4 is 17.8 Å². The molecule has 0 aliphatic rings. The Bertz CT molecular complexity index is 638. The fraction of sp³-hybridized carbons (Fsp3) is 0.0714. The average molecular weight is 272 g/mol. The van der Waals surface area contributed by atoms with E-state index in [1.54, 1.807) is 18.2 Å². The molecule has 1 aromatic heterocycles. The summed E-state index contributed by atoms with van der Waals surface area (Å²) in [7, 11) is 0. The van der Waals surface area contributed by atoms with E-state index in [0.717, 1.165) is 5.56 Å². The van der Waals surface area contributed by atoms with E-state index >= 15 is 0 Å². The summed E-state index contributed by atoms with van der Waals surface area (Å²) < 4.78 is 0. The molecule has 0 atom stereocenters. The Morgan fingerprint density at radius 3 is 2.35 bits per heavy atom. The predicted octanol–water partition coefficient (Wildman–Crippen LogP) is 2.09. The summed E-state index contributed by atoms with van der Waals surface area (Å²) in [5.74, 6) is -1.76. The van der Waals surface area contributed by atoms with Crippen molar-refractivity contribution in [1.82, 2.24) is 4.98 Å². The Balaban J connectivity index is 2.09.